The largest absolute Gasteiger partial charge is 0.366 e. The molecular formula is C23H20Cl2N4O5S. The van der Waals surface area contributed by atoms with E-state index in [1.54, 1.807) is 6.07 Å². The van der Waals surface area contributed by atoms with Gasteiger partial charge in [0, 0.05) is 41.1 Å². The standard InChI is InChI=1S/C23H20Cl2N4O5S/c24-16-4-6-17(7-5-16)27-35(33,34)22-14-18(8-9-19(22)25)26-23(30)15-3-10-20(21(13-15)29(31)32)28-11-1-2-12-28/h3-10,13-14,27H,1-2,11-12H2,(H,26,30). The second kappa shape index (κ2) is 10.1. The van der Waals surface area contributed by atoms with Gasteiger partial charge in [0.25, 0.3) is 21.6 Å². The minimum Gasteiger partial charge on any atom is -0.366 e. The van der Waals surface area contributed by atoms with E-state index in [0.717, 1.165) is 25.9 Å². The summed E-state index contributed by atoms with van der Waals surface area (Å²) in [4.78, 5) is 25.6. The van der Waals surface area contributed by atoms with E-state index >= 15 is 0 Å². The molecule has 1 aliphatic heterocycles. The molecule has 0 atom stereocenters. The normalized spacial score (nSPS) is 13.5. The zero-order chi connectivity index (χ0) is 25.2. The van der Waals surface area contributed by atoms with E-state index in [0.29, 0.717) is 10.7 Å². The number of nitrogens with zero attached hydrogens (tertiary/aromatic N) is 2. The highest BCUT2D eigenvalue weighted by Gasteiger charge is 2.24. The summed E-state index contributed by atoms with van der Waals surface area (Å²) in [6, 6.07) is 14.3. The summed E-state index contributed by atoms with van der Waals surface area (Å²) in [5.74, 6) is -0.627. The van der Waals surface area contributed by atoms with Crippen molar-refractivity contribution in [3.05, 3.63) is 86.4 Å². The topological polar surface area (TPSA) is 122 Å². The van der Waals surface area contributed by atoms with Gasteiger partial charge in [0.1, 0.15) is 10.6 Å². The molecule has 1 aliphatic rings. The van der Waals surface area contributed by atoms with Crippen molar-refractivity contribution in [2.24, 2.45) is 0 Å². The molecule has 1 amide bonds. The Bertz CT molecular complexity index is 1390. The van der Waals surface area contributed by atoms with Gasteiger partial charge >= 0.3 is 0 Å². The molecule has 0 saturated carbocycles. The second-order valence-electron chi connectivity index (χ2n) is 7.87. The van der Waals surface area contributed by atoms with Gasteiger partial charge in [-0.2, -0.15) is 0 Å². The molecule has 2 N–H and O–H groups in total. The number of nitrogens with one attached hydrogen (secondary N) is 2. The molecule has 0 aromatic heterocycles. The first-order valence-corrected chi connectivity index (χ1v) is 12.8. The lowest BCUT2D eigenvalue weighted by Crippen LogP contribution is -2.20. The van der Waals surface area contributed by atoms with Crippen LogP contribution < -0.4 is 14.9 Å². The first-order chi connectivity index (χ1) is 16.6. The lowest BCUT2D eigenvalue weighted by Gasteiger charge is -2.18. The molecule has 0 spiro atoms. The molecule has 3 aromatic carbocycles. The number of hydrogen-bond donors (Lipinski definition) is 2. The molecule has 0 unspecified atom stereocenters. The van der Waals surface area contributed by atoms with Gasteiger partial charge in [0.2, 0.25) is 0 Å². The van der Waals surface area contributed by atoms with Crippen LogP contribution in [0.5, 0.6) is 0 Å². The van der Waals surface area contributed by atoms with Crippen LogP contribution in [-0.4, -0.2) is 32.3 Å². The molecule has 12 heteroatoms. The average Bonchev–Trinajstić information content (AvgIpc) is 3.36. The Morgan fingerprint density at radius 1 is 0.943 bits per heavy atom. The van der Waals surface area contributed by atoms with Crippen molar-refractivity contribution in [3.8, 4) is 0 Å². The summed E-state index contributed by atoms with van der Waals surface area (Å²) >= 11 is 12.0. The van der Waals surface area contributed by atoms with Crippen LogP contribution in [0, 0.1) is 10.1 Å². The zero-order valence-electron chi connectivity index (χ0n) is 18.2. The number of carbonyl (C=O) groups excluding carboxylic acids is 1. The molecule has 0 bridgehead atoms. The third-order valence-electron chi connectivity index (χ3n) is 5.46. The van der Waals surface area contributed by atoms with Crippen LogP contribution in [0.15, 0.2) is 65.6 Å². The highest BCUT2D eigenvalue weighted by molar-refractivity contribution is 7.92. The van der Waals surface area contributed by atoms with Gasteiger partial charge < -0.3 is 10.2 Å². The number of hydrogen-bond acceptors (Lipinski definition) is 6. The van der Waals surface area contributed by atoms with Crippen LogP contribution in [0.4, 0.5) is 22.7 Å². The van der Waals surface area contributed by atoms with Crippen molar-refractivity contribution < 1.29 is 18.1 Å². The van der Waals surface area contributed by atoms with Crippen molar-refractivity contribution in [3.63, 3.8) is 0 Å². The molecule has 9 nitrogen and oxygen atoms in total. The number of halogens is 2. The summed E-state index contributed by atoms with van der Waals surface area (Å²) in [5.41, 5.74) is 0.814. The smallest absolute Gasteiger partial charge is 0.293 e. The minimum absolute atomic E-state index is 0.0462. The van der Waals surface area contributed by atoms with Crippen molar-refractivity contribution in [2.45, 2.75) is 17.7 Å². The Balaban J connectivity index is 1.57. The number of nitro groups is 1. The van der Waals surface area contributed by atoms with Crippen molar-refractivity contribution in [1.29, 1.82) is 0 Å². The number of rotatable bonds is 7. The number of sulfonamides is 1. The number of amides is 1. The van der Waals surface area contributed by atoms with Crippen molar-refractivity contribution >= 4 is 61.9 Å². The lowest BCUT2D eigenvalue weighted by atomic mass is 10.1. The number of anilines is 3. The Morgan fingerprint density at radius 3 is 2.26 bits per heavy atom. The van der Waals surface area contributed by atoms with Crippen LogP contribution in [0.25, 0.3) is 0 Å². The molecule has 35 heavy (non-hydrogen) atoms. The number of carbonyl (C=O) groups is 1. The van der Waals surface area contributed by atoms with Gasteiger partial charge in [-0.1, -0.05) is 23.2 Å². The molecular weight excluding hydrogens is 515 g/mol. The van der Waals surface area contributed by atoms with E-state index < -0.39 is 20.9 Å². The Kier molecular flexibility index (Phi) is 7.15. The molecule has 1 fully saturated rings. The molecule has 3 aromatic rings. The highest BCUT2D eigenvalue weighted by atomic mass is 35.5. The minimum atomic E-state index is -4.08. The van der Waals surface area contributed by atoms with Gasteiger partial charge in [-0.25, -0.2) is 8.42 Å². The first-order valence-electron chi connectivity index (χ1n) is 10.6. The Labute approximate surface area is 211 Å². The van der Waals surface area contributed by atoms with E-state index in [2.05, 4.69) is 10.0 Å². The van der Waals surface area contributed by atoms with Crippen LogP contribution in [0.1, 0.15) is 23.2 Å². The number of benzene rings is 3. The van der Waals surface area contributed by atoms with Crippen LogP contribution >= 0.6 is 23.2 Å². The molecule has 4 rings (SSSR count). The molecule has 0 aliphatic carbocycles. The Hall–Kier alpha value is -3.34. The van der Waals surface area contributed by atoms with Crippen molar-refractivity contribution in [2.75, 3.05) is 28.0 Å². The summed E-state index contributed by atoms with van der Waals surface area (Å²) in [6.07, 6.45) is 1.90. The predicted molar refractivity (Wildman–Crippen MR) is 136 cm³/mol. The maximum atomic E-state index is 12.9. The van der Waals surface area contributed by atoms with E-state index in [1.807, 2.05) is 4.90 Å². The third kappa shape index (κ3) is 5.67. The number of nitro benzene ring substituents is 1. The SMILES string of the molecule is O=C(Nc1ccc(Cl)c(S(=O)(=O)Nc2ccc(Cl)cc2)c1)c1ccc(N2CCCC2)c([N+](=O)[O-])c1. The van der Waals surface area contributed by atoms with Gasteiger partial charge in [0.05, 0.1) is 9.95 Å². The quantitative estimate of drug-likeness (QED) is 0.302. The molecule has 1 saturated heterocycles. The first kappa shape index (κ1) is 24.8. The Morgan fingerprint density at radius 2 is 1.60 bits per heavy atom. The van der Waals surface area contributed by atoms with Gasteiger partial charge in [-0.05, 0) is 67.4 Å². The van der Waals surface area contributed by atoms with Crippen molar-refractivity contribution in [1.82, 2.24) is 0 Å². The summed E-state index contributed by atoms with van der Waals surface area (Å²) in [6.45, 7) is 1.44. The van der Waals surface area contributed by atoms with E-state index in [-0.39, 0.29) is 32.5 Å². The predicted octanol–water partition coefficient (Wildman–Crippen LogP) is 5.55. The fourth-order valence-corrected chi connectivity index (χ4v) is 5.47. The third-order valence-corrected chi connectivity index (χ3v) is 7.57. The summed E-state index contributed by atoms with van der Waals surface area (Å²) in [5, 5.41) is 14.6. The average molecular weight is 535 g/mol. The van der Waals surface area contributed by atoms with Gasteiger partial charge in [-0.15, -0.1) is 0 Å². The lowest BCUT2D eigenvalue weighted by molar-refractivity contribution is -0.384. The zero-order valence-corrected chi connectivity index (χ0v) is 20.5. The monoisotopic (exact) mass is 534 g/mol. The van der Waals surface area contributed by atoms with Gasteiger partial charge in [-0.3, -0.25) is 19.6 Å². The van der Waals surface area contributed by atoms with Crippen LogP contribution in [0.2, 0.25) is 10.0 Å². The van der Waals surface area contributed by atoms with E-state index in [9.17, 15) is 23.3 Å². The van der Waals surface area contributed by atoms with Crippen LogP contribution in [-0.2, 0) is 10.0 Å². The molecule has 1 heterocycles. The van der Waals surface area contributed by atoms with Gasteiger partial charge in [0.15, 0.2) is 0 Å². The maximum absolute atomic E-state index is 12.9. The van der Waals surface area contributed by atoms with E-state index in [4.69, 9.17) is 23.2 Å². The molecule has 182 valence electrons. The maximum Gasteiger partial charge on any atom is 0.293 e. The second-order valence-corrected chi connectivity index (χ2v) is 10.4. The van der Waals surface area contributed by atoms with Crippen LogP contribution in [0.3, 0.4) is 0 Å². The summed E-state index contributed by atoms with van der Waals surface area (Å²) in [7, 11) is -4.08. The highest BCUT2D eigenvalue weighted by Crippen LogP contribution is 2.32. The molecule has 0 radical (unpaired) electrons. The fraction of sp³-hybridized carbons (Fsp3) is 0.174. The summed E-state index contributed by atoms with van der Waals surface area (Å²) < 4.78 is 28.2. The fourth-order valence-electron chi connectivity index (χ4n) is 3.75. The van der Waals surface area contributed by atoms with E-state index in [1.165, 1.54) is 54.6 Å².